The molecule has 2 aromatic rings. The van der Waals surface area contributed by atoms with E-state index in [0.717, 1.165) is 11.1 Å². The Hall–Kier alpha value is -0.683. The number of carbonyl (C=O) groups is 1. The monoisotopic (exact) mass is 433 g/mol. The fraction of sp³-hybridized carbons (Fsp3) is 0.381. The van der Waals surface area contributed by atoms with Crippen molar-refractivity contribution < 1.29 is 33.1 Å². The molecule has 1 unspecified atom stereocenters. The van der Waals surface area contributed by atoms with E-state index in [1.165, 1.54) is 0 Å². The van der Waals surface area contributed by atoms with Gasteiger partial charge in [-0.1, -0.05) is 57.0 Å². The van der Waals surface area contributed by atoms with Crippen molar-refractivity contribution in [2.75, 3.05) is 13.2 Å². The SMILES string of the molecule is CC(C)COc1ccc(PC(=O)c2c(Cl)cccc2Cl)c(OCC(C)C)c1.[Li+]. The minimum absolute atomic E-state index is 0. The molecule has 7 heteroatoms. The predicted octanol–water partition coefficient (Wildman–Crippen LogP) is 3.21. The predicted molar refractivity (Wildman–Crippen MR) is 116 cm³/mol. The van der Waals surface area contributed by atoms with E-state index in [1.54, 1.807) is 18.2 Å². The summed E-state index contributed by atoms with van der Waals surface area (Å²) >= 11 is 12.4. The van der Waals surface area contributed by atoms with E-state index < -0.39 is 0 Å². The van der Waals surface area contributed by atoms with Gasteiger partial charge in [0.05, 0.1) is 28.8 Å². The van der Waals surface area contributed by atoms with Crippen molar-refractivity contribution in [2.24, 2.45) is 11.8 Å². The maximum absolute atomic E-state index is 12.8. The summed E-state index contributed by atoms with van der Waals surface area (Å²) < 4.78 is 11.7. The zero-order chi connectivity index (χ0) is 20.0. The van der Waals surface area contributed by atoms with E-state index in [4.69, 9.17) is 32.7 Å². The Bertz CT molecular complexity index is 777. The van der Waals surface area contributed by atoms with Crippen LogP contribution in [-0.4, -0.2) is 18.7 Å². The topological polar surface area (TPSA) is 35.5 Å². The van der Waals surface area contributed by atoms with Crippen LogP contribution in [-0.2, 0) is 0 Å². The molecule has 0 bridgehead atoms. The van der Waals surface area contributed by atoms with Crippen molar-refractivity contribution >= 4 is 42.6 Å². The maximum Gasteiger partial charge on any atom is 1.00 e. The van der Waals surface area contributed by atoms with Crippen LogP contribution in [0.5, 0.6) is 11.5 Å². The van der Waals surface area contributed by atoms with Gasteiger partial charge in [0.2, 0.25) is 0 Å². The first kappa shape index (κ1) is 25.4. The Morgan fingerprint density at radius 2 is 1.54 bits per heavy atom. The number of carbonyl (C=O) groups excluding carboxylic acids is 1. The second-order valence-electron chi connectivity index (χ2n) is 7.12. The molecule has 0 radical (unpaired) electrons. The third kappa shape index (κ3) is 7.62. The summed E-state index contributed by atoms with van der Waals surface area (Å²) in [6, 6.07) is 10.7. The molecule has 0 fully saturated rings. The average Bonchev–Trinajstić information content (AvgIpc) is 2.59. The van der Waals surface area contributed by atoms with Crippen LogP contribution < -0.4 is 33.6 Å². The largest absolute Gasteiger partial charge is 1.00 e. The molecule has 0 amide bonds. The molecule has 1 atom stereocenters. The summed E-state index contributed by atoms with van der Waals surface area (Å²) in [7, 11) is -0.144. The molecule has 2 aromatic carbocycles. The Morgan fingerprint density at radius 3 is 2.11 bits per heavy atom. The molecule has 0 saturated carbocycles. The summed E-state index contributed by atoms with van der Waals surface area (Å²) in [6.45, 7) is 9.53. The van der Waals surface area contributed by atoms with Gasteiger partial charge in [-0.05, 0) is 44.7 Å². The minimum atomic E-state index is -0.144. The molecule has 28 heavy (non-hydrogen) atoms. The third-order valence-corrected chi connectivity index (χ3v) is 5.34. The first-order chi connectivity index (χ1) is 12.8. The molecule has 0 N–H and O–H groups in total. The first-order valence-corrected chi connectivity index (χ1v) is 10.7. The number of hydrogen-bond donors (Lipinski definition) is 0. The van der Waals surface area contributed by atoms with Crippen molar-refractivity contribution in [1.82, 2.24) is 0 Å². The molecule has 0 aliphatic heterocycles. The van der Waals surface area contributed by atoms with Gasteiger partial charge in [0.25, 0.3) is 0 Å². The van der Waals surface area contributed by atoms with Crippen molar-refractivity contribution in [3.05, 3.63) is 52.0 Å². The van der Waals surface area contributed by atoms with Gasteiger partial charge in [0.15, 0.2) is 5.52 Å². The van der Waals surface area contributed by atoms with Crippen LogP contribution in [0, 0.1) is 11.8 Å². The molecule has 0 spiro atoms. The van der Waals surface area contributed by atoms with Gasteiger partial charge in [-0.25, -0.2) is 0 Å². The molecule has 2 rings (SSSR count). The standard InChI is InChI=1S/C21H25Cl2O3P.Li/c1-13(2)11-25-15-8-9-19(18(10-15)26-12-14(3)4)27-21(24)20-16(22)6-5-7-17(20)23;/h5-10,13-14,27H,11-12H2,1-4H3;/q;+1. The fourth-order valence-corrected chi connectivity index (χ4v) is 4.03. The second kappa shape index (κ2) is 12.1. The smallest absolute Gasteiger partial charge is 0.493 e. The van der Waals surface area contributed by atoms with Gasteiger partial charge < -0.3 is 9.47 Å². The molecular weight excluding hydrogens is 409 g/mol. The number of ether oxygens (including phenoxy) is 2. The van der Waals surface area contributed by atoms with Gasteiger partial charge in [-0.3, -0.25) is 4.79 Å². The molecule has 3 nitrogen and oxygen atoms in total. The molecular formula is C21H25Cl2LiO3P+. The van der Waals surface area contributed by atoms with E-state index in [1.807, 2.05) is 18.2 Å². The second-order valence-corrected chi connectivity index (χ2v) is 9.18. The van der Waals surface area contributed by atoms with Gasteiger partial charge in [-0.2, -0.15) is 0 Å². The fourth-order valence-electron chi connectivity index (χ4n) is 2.23. The average molecular weight is 434 g/mol. The van der Waals surface area contributed by atoms with Crippen LogP contribution in [0.2, 0.25) is 10.0 Å². The Labute approximate surface area is 191 Å². The minimum Gasteiger partial charge on any atom is -0.493 e. The maximum atomic E-state index is 12.8. The van der Waals surface area contributed by atoms with Crippen molar-refractivity contribution in [3.8, 4) is 11.5 Å². The molecule has 0 heterocycles. The Morgan fingerprint density at radius 1 is 0.964 bits per heavy atom. The number of rotatable bonds is 9. The van der Waals surface area contributed by atoms with Crippen LogP contribution in [0.3, 0.4) is 0 Å². The zero-order valence-corrected chi connectivity index (χ0v) is 19.5. The van der Waals surface area contributed by atoms with E-state index in [0.29, 0.717) is 46.4 Å². The summed E-state index contributed by atoms with van der Waals surface area (Å²) in [6.07, 6.45) is 0. The molecule has 146 valence electrons. The molecule has 0 saturated heterocycles. The molecule has 0 aromatic heterocycles. The van der Waals surface area contributed by atoms with E-state index in [2.05, 4.69) is 27.7 Å². The van der Waals surface area contributed by atoms with Gasteiger partial charge in [0, 0.05) is 11.4 Å². The summed E-state index contributed by atoms with van der Waals surface area (Å²) in [5.41, 5.74) is 0.241. The summed E-state index contributed by atoms with van der Waals surface area (Å²) in [5.74, 6) is 2.20. The van der Waals surface area contributed by atoms with E-state index in [-0.39, 0.29) is 33.0 Å². The zero-order valence-electron chi connectivity index (χ0n) is 17.0. The number of hydrogen-bond acceptors (Lipinski definition) is 3. The van der Waals surface area contributed by atoms with Gasteiger partial charge in [-0.15, -0.1) is 0 Å². The number of benzene rings is 2. The van der Waals surface area contributed by atoms with Crippen molar-refractivity contribution in [2.45, 2.75) is 27.7 Å². The van der Waals surface area contributed by atoms with Gasteiger partial charge in [0.1, 0.15) is 11.5 Å². The van der Waals surface area contributed by atoms with Crippen LogP contribution in [0.15, 0.2) is 36.4 Å². The Kier molecular flexibility index (Phi) is 11.0. The quantitative estimate of drug-likeness (QED) is 0.449. The number of halogens is 2. The molecule has 0 aliphatic carbocycles. The Balaban J connectivity index is 0.00000392. The third-order valence-electron chi connectivity index (χ3n) is 3.55. The van der Waals surface area contributed by atoms with E-state index >= 15 is 0 Å². The molecule has 0 aliphatic rings. The summed E-state index contributed by atoms with van der Waals surface area (Å²) in [5, 5.41) is 1.54. The normalized spacial score (nSPS) is 11.1. The van der Waals surface area contributed by atoms with Crippen LogP contribution in [0.4, 0.5) is 0 Å². The van der Waals surface area contributed by atoms with E-state index in [9.17, 15) is 4.79 Å². The van der Waals surface area contributed by atoms with Crippen molar-refractivity contribution in [3.63, 3.8) is 0 Å². The van der Waals surface area contributed by atoms with Crippen LogP contribution in [0.1, 0.15) is 38.1 Å². The van der Waals surface area contributed by atoms with Crippen LogP contribution >= 0.6 is 31.8 Å². The van der Waals surface area contributed by atoms with Gasteiger partial charge >= 0.3 is 18.9 Å². The van der Waals surface area contributed by atoms with Crippen LogP contribution in [0.25, 0.3) is 0 Å². The van der Waals surface area contributed by atoms with Crippen molar-refractivity contribution in [1.29, 1.82) is 0 Å². The first-order valence-electron chi connectivity index (χ1n) is 8.93. The summed E-state index contributed by atoms with van der Waals surface area (Å²) in [4.78, 5) is 12.8.